The van der Waals surface area contributed by atoms with Gasteiger partial charge in [-0.25, -0.2) is 0 Å². The Morgan fingerprint density at radius 1 is 1.08 bits per heavy atom. The van der Waals surface area contributed by atoms with E-state index in [4.69, 9.17) is 9.47 Å². The van der Waals surface area contributed by atoms with Crippen LogP contribution in [0.4, 0.5) is 0 Å². The summed E-state index contributed by atoms with van der Waals surface area (Å²) in [5, 5.41) is 0. The molecule has 0 atom stereocenters. The molecule has 0 heterocycles. The van der Waals surface area contributed by atoms with Crippen LogP contribution in [0.5, 0.6) is 0 Å². The van der Waals surface area contributed by atoms with E-state index >= 15 is 0 Å². The van der Waals surface area contributed by atoms with Gasteiger partial charge in [0.2, 0.25) is 0 Å². The van der Waals surface area contributed by atoms with Crippen LogP contribution in [-0.2, 0) is 15.3 Å². The van der Waals surface area contributed by atoms with Gasteiger partial charge in [0.25, 0.3) is 0 Å². The standard InChI is InChI=1S/C11H16O2/c1-4-11(12-2,13-3)10-8-6-5-7-9-10/h5-9H,4H2,1-3H3. The van der Waals surface area contributed by atoms with Crippen LogP contribution < -0.4 is 0 Å². The van der Waals surface area contributed by atoms with Crippen LogP contribution >= 0.6 is 0 Å². The van der Waals surface area contributed by atoms with E-state index in [0.717, 1.165) is 12.0 Å². The zero-order valence-electron chi connectivity index (χ0n) is 8.41. The van der Waals surface area contributed by atoms with Crippen LogP contribution in [0.3, 0.4) is 0 Å². The summed E-state index contributed by atoms with van der Waals surface area (Å²) in [7, 11) is 3.33. The van der Waals surface area contributed by atoms with Crippen LogP contribution in [0.15, 0.2) is 30.3 Å². The number of hydrogen-bond acceptors (Lipinski definition) is 2. The van der Waals surface area contributed by atoms with Gasteiger partial charge in [0.05, 0.1) is 0 Å². The lowest BCUT2D eigenvalue weighted by Gasteiger charge is -2.29. The van der Waals surface area contributed by atoms with Gasteiger partial charge < -0.3 is 9.47 Å². The monoisotopic (exact) mass is 180 g/mol. The molecular weight excluding hydrogens is 164 g/mol. The summed E-state index contributed by atoms with van der Waals surface area (Å²) in [5.74, 6) is -0.582. The summed E-state index contributed by atoms with van der Waals surface area (Å²) >= 11 is 0. The molecule has 0 fully saturated rings. The molecule has 0 aliphatic heterocycles. The normalized spacial score (nSPS) is 11.6. The Morgan fingerprint density at radius 2 is 1.62 bits per heavy atom. The van der Waals surface area contributed by atoms with E-state index in [2.05, 4.69) is 0 Å². The first-order valence-corrected chi connectivity index (χ1v) is 4.45. The molecule has 0 saturated carbocycles. The molecule has 0 aliphatic rings. The van der Waals surface area contributed by atoms with E-state index < -0.39 is 5.79 Å². The fourth-order valence-corrected chi connectivity index (χ4v) is 1.50. The highest BCUT2D eigenvalue weighted by molar-refractivity contribution is 5.20. The second-order valence-electron chi connectivity index (χ2n) is 2.88. The van der Waals surface area contributed by atoms with Crippen LogP contribution in [-0.4, -0.2) is 14.2 Å². The Bertz CT molecular complexity index is 231. The third-order valence-corrected chi connectivity index (χ3v) is 2.34. The fourth-order valence-electron chi connectivity index (χ4n) is 1.50. The van der Waals surface area contributed by atoms with Crippen molar-refractivity contribution in [1.82, 2.24) is 0 Å². The minimum absolute atomic E-state index is 0.582. The number of hydrogen-bond donors (Lipinski definition) is 0. The van der Waals surface area contributed by atoms with Crippen molar-refractivity contribution in [3.8, 4) is 0 Å². The van der Waals surface area contributed by atoms with E-state index in [0.29, 0.717) is 0 Å². The summed E-state index contributed by atoms with van der Waals surface area (Å²) in [6, 6.07) is 9.97. The van der Waals surface area contributed by atoms with Gasteiger partial charge in [-0.1, -0.05) is 37.3 Å². The van der Waals surface area contributed by atoms with Gasteiger partial charge in [-0.15, -0.1) is 0 Å². The van der Waals surface area contributed by atoms with Crippen molar-refractivity contribution < 1.29 is 9.47 Å². The van der Waals surface area contributed by atoms with Gasteiger partial charge in [-0.05, 0) is 0 Å². The lowest BCUT2D eigenvalue weighted by atomic mass is 10.0. The highest BCUT2D eigenvalue weighted by Crippen LogP contribution is 2.28. The smallest absolute Gasteiger partial charge is 0.193 e. The van der Waals surface area contributed by atoms with E-state index in [1.54, 1.807) is 14.2 Å². The average molecular weight is 180 g/mol. The molecule has 0 unspecified atom stereocenters. The Balaban J connectivity index is 3.01. The molecule has 2 nitrogen and oxygen atoms in total. The molecule has 0 aromatic heterocycles. The van der Waals surface area contributed by atoms with Gasteiger partial charge in [0.1, 0.15) is 0 Å². The molecule has 1 aromatic carbocycles. The maximum Gasteiger partial charge on any atom is 0.193 e. The quantitative estimate of drug-likeness (QED) is 0.663. The third kappa shape index (κ3) is 1.90. The molecule has 0 bridgehead atoms. The molecular formula is C11H16O2. The van der Waals surface area contributed by atoms with Crippen molar-refractivity contribution in [3.63, 3.8) is 0 Å². The molecule has 0 spiro atoms. The maximum atomic E-state index is 5.40. The number of ether oxygens (including phenoxy) is 2. The van der Waals surface area contributed by atoms with Crippen LogP contribution in [0.2, 0.25) is 0 Å². The first kappa shape index (κ1) is 10.2. The number of rotatable bonds is 4. The van der Waals surface area contributed by atoms with E-state index in [-0.39, 0.29) is 0 Å². The third-order valence-electron chi connectivity index (χ3n) is 2.34. The van der Waals surface area contributed by atoms with Crippen molar-refractivity contribution in [2.75, 3.05) is 14.2 Å². The second-order valence-corrected chi connectivity index (χ2v) is 2.88. The largest absolute Gasteiger partial charge is 0.349 e. The van der Waals surface area contributed by atoms with Crippen molar-refractivity contribution in [3.05, 3.63) is 35.9 Å². The van der Waals surface area contributed by atoms with Crippen LogP contribution in [0.25, 0.3) is 0 Å². The topological polar surface area (TPSA) is 18.5 Å². The van der Waals surface area contributed by atoms with Crippen molar-refractivity contribution in [1.29, 1.82) is 0 Å². The maximum absolute atomic E-state index is 5.40. The Kier molecular flexibility index (Phi) is 3.46. The van der Waals surface area contributed by atoms with Crippen LogP contribution in [0.1, 0.15) is 18.9 Å². The summed E-state index contributed by atoms with van der Waals surface area (Å²) in [5.41, 5.74) is 1.06. The SMILES string of the molecule is CCC(OC)(OC)c1ccccc1. The van der Waals surface area contributed by atoms with Crippen LogP contribution in [0, 0.1) is 0 Å². The molecule has 0 N–H and O–H groups in total. The van der Waals surface area contributed by atoms with Crippen molar-refractivity contribution in [2.24, 2.45) is 0 Å². The average Bonchev–Trinajstić information content (AvgIpc) is 2.23. The number of benzene rings is 1. The Morgan fingerprint density at radius 3 is 2.00 bits per heavy atom. The molecule has 1 aromatic rings. The second kappa shape index (κ2) is 4.40. The van der Waals surface area contributed by atoms with E-state index in [9.17, 15) is 0 Å². The molecule has 1 rings (SSSR count). The van der Waals surface area contributed by atoms with E-state index in [1.807, 2.05) is 37.3 Å². The summed E-state index contributed by atoms with van der Waals surface area (Å²) in [6.45, 7) is 2.04. The van der Waals surface area contributed by atoms with Gasteiger partial charge in [0.15, 0.2) is 5.79 Å². The number of methoxy groups -OCH3 is 2. The molecule has 72 valence electrons. The van der Waals surface area contributed by atoms with Gasteiger partial charge >= 0.3 is 0 Å². The summed E-state index contributed by atoms with van der Waals surface area (Å²) in [6.07, 6.45) is 0.796. The highest BCUT2D eigenvalue weighted by Gasteiger charge is 2.29. The minimum Gasteiger partial charge on any atom is -0.349 e. The molecule has 2 heteroatoms. The predicted molar refractivity (Wildman–Crippen MR) is 52.4 cm³/mol. The lowest BCUT2D eigenvalue weighted by Crippen LogP contribution is -2.29. The summed E-state index contributed by atoms with van der Waals surface area (Å²) in [4.78, 5) is 0. The Hall–Kier alpha value is -0.860. The Labute approximate surface area is 79.5 Å². The van der Waals surface area contributed by atoms with Gasteiger partial charge in [-0.3, -0.25) is 0 Å². The van der Waals surface area contributed by atoms with E-state index in [1.165, 1.54) is 0 Å². The zero-order valence-corrected chi connectivity index (χ0v) is 8.41. The molecule has 0 amide bonds. The first-order chi connectivity index (χ1) is 6.29. The first-order valence-electron chi connectivity index (χ1n) is 4.45. The van der Waals surface area contributed by atoms with Gasteiger partial charge in [0, 0.05) is 26.2 Å². The molecule has 13 heavy (non-hydrogen) atoms. The minimum atomic E-state index is -0.582. The molecule has 0 radical (unpaired) electrons. The predicted octanol–water partition coefficient (Wildman–Crippen LogP) is 2.54. The van der Waals surface area contributed by atoms with Crippen molar-refractivity contribution in [2.45, 2.75) is 19.1 Å². The highest BCUT2D eigenvalue weighted by atomic mass is 16.7. The summed E-state index contributed by atoms with van der Waals surface area (Å²) < 4.78 is 10.8. The lowest BCUT2D eigenvalue weighted by molar-refractivity contribution is -0.217. The van der Waals surface area contributed by atoms with Crippen molar-refractivity contribution >= 4 is 0 Å². The molecule has 0 saturated heterocycles. The molecule has 0 aliphatic carbocycles. The fraction of sp³-hybridized carbons (Fsp3) is 0.455. The van der Waals surface area contributed by atoms with Gasteiger partial charge in [-0.2, -0.15) is 0 Å². The zero-order chi connectivity index (χ0) is 9.73.